The van der Waals surface area contributed by atoms with E-state index >= 15 is 0 Å². The van der Waals surface area contributed by atoms with Gasteiger partial charge in [-0.1, -0.05) is 6.07 Å². The maximum atomic E-state index is 12.5. The molecule has 0 spiro atoms. The van der Waals surface area contributed by atoms with Crippen molar-refractivity contribution in [3.05, 3.63) is 29.3 Å². The van der Waals surface area contributed by atoms with Crippen LogP contribution in [0.4, 0.5) is 13.2 Å². The molecule has 94 valence electrons. The number of benzene rings is 1. The lowest BCUT2D eigenvalue weighted by Crippen LogP contribution is -2.43. The van der Waals surface area contributed by atoms with E-state index in [1.165, 1.54) is 13.2 Å². The minimum absolute atomic E-state index is 0.224. The largest absolute Gasteiger partial charge is 0.496 e. The standard InChI is InChI=1S/C12H14F3NO/c1-17-10-7-8(12(13,14)15)3-4-9(10)11(16)5-2-6-11/h3-4,7H,2,5-6,16H2,1H3. The molecule has 1 aromatic carbocycles. The van der Waals surface area contributed by atoms with Gasteiger partial charge in [-0.25, -0.2) is 0 Å². The highest BCUT2D eigenvalue weighted by atomic mass is 19.4. The van der Waals surface area contributed by atoms with Gasteiger partial charge in [-0.2, -0.15) is 13.2 Å². The van der Waals surface area contributed by atoms with Gasteiger partial charge >= 0.3 is 6.18 Å². The van der Waals surface area contributed by atoms with Crippen molar-refractivity contribution in [1.29, 1.82) is 0 Å². The third-order valence-electron chi connectivity index (χ3n) is 3.31. The predicted octanol–water partition coefficient (Wildman–Crippen LogP) is 3.05. The summed E-state index contributed by atoms with van der Waals surface area (Å²) in [4.78, 5) is 0. The molecule has 0 unspecified atom stereocenters. The molecule has 17 heavy (non-hydrogen) atoms. The summed E-state index contributed by atoms with van der Waals surface area (Å²) in [5.41, 5.74) is 5.54. The van der Waals surface area contributed by atoms with Crippen LogP contribution in [0.5, 0.6) is 5.75 Å². The molecular formula is C12H14F3NO. The molecule has 2 nitrogen and oxygen atoms in total. The van der Waals surface area contributed by atoms with Gasteiger partial charge in [-0.3, -0.25) is 0 Å². The maximum Gasteiger partial charge on any atom is 0.416 e. The molecule has 5 heteroatoms. The Morgan fingerprint density at radius 2 is 1.94 bits per heavy atom. The van der Waals surface area contributed by atoms with Crippen molar-refractivity contribution < 1.29 is 17.9 Å². The summed E-state index contributed by atoms with van der Waals surface area (Å²) < 4.78 is 42.6. The molecule has 1 aromatic rings. The summed E-state index contributed by atoms with van der Waals surface area (Å²) in [6.07, 6.45) is -1.78. The molecule has 1 saturated carbocycles. The van der Waals surface area contributed by atoms with E-state index in [2.05, 4.69) is 0 Å². The van der Waals surface area contributed by atoms with Crippen LogP contribution in [0.1, 0.15) is 30.4 Å². The van der Waals surface area contributed by atoms with Crippen LogP contribution < -0.4 is 10.5 Å². The second-order valence-electron chi connectivity index (χ2n) is 4.42. The van der Waals surface area contributed by atoms with Gasteiger partial charge in [0.05, 0.1) is 12.7 Å². The molecule has 1 aliphatic rings. The van der Waals surface area contributed by atoms with Crippen molar-refractivity contribution in [1.82, 2.24) is 0 Å². The monoisotopic (exact) mass is 245 g/mol. The number of nitrogens with two attached hydrogens (primary N) is 1. The summed E-state index contributed by atoms with van der Waals surface area (Å²) >= 11 is 0. The van der Waals surface area contributed by atoms with Crippen LogP contribution in [-0.4, -0.2) is 7.11 Å². The molecular weight excluding hydrogens is 231 g/mol. The third kappa shape index (κ3) is 2.11. The number of hydrogen-bond acceptors (Lipinski definition) is 2. The Balaban J connectivity index is 2.42. The van der Waals surface area contributed by atoms with Crippen molar-refractivity contribution in [3.8, 4) is 5.75 Å². The van der Waals surface area contributed by atoms with E-state index in [1.54, 1.807) is 0 Å². The first-order valence-electron chi connectivity index (χ1n) is 5.41. The zero-order chi connectivity index (χ0) is 12.7. The maximum absolute atomic E-state index is 12.5. The lowest BCUT2D eigenvalue weighted by Gasteiger charge is -2.39. The summed E-state index contributed by atoms with van der Waals surface area (Å²) in [6.45, 7) is 0. The Hall–Kier alpha value is -1.23. The number of halogens is 3. The van der Waals surface area contributed by atoms with E-state index in [0.717, 1.165) is 31.4 Å². The first kappa shape index (κ1) is 12.2. The number of rotatable bonds is 2. The van der Waals surface area contributed by atoms with Crippen molar-refractivity contribution >= 4 is 0 Å². The van der Waals surface area contributed by atoms with Crippen LogP contribution in [0.25, 0.3) is 0 Å². The Labute approximate surface area is 97.6 Å². The average Bonchev–Trinajstić information content (AvgIpc) is 2.24. The molecule has 0 amide bonds. The van der Waals surface area contributed by atoms with Gasteiger partial charge in [0, 0.05) is 11.1 Å². The fourth-order valence-corrected chi connectivity index (χ4v) is 2.11. The number of alkyl halides is 3. The molecule has 2 rings (SSSR count). The second-order valence-corrected chi connectivity index (χ2v) is 4.42. The van der Waals surface area contributed by atoms with E-state index in [-0.39, 0.29) is 5.75 Å². The van der Waals surface area contributed by atoms with Gasteiger partial charge in [-0.05, 0) is 31.4 Å². The number of hydrogen-bond donors (Lipinski definition) is 1. The molecule has 0 aromatic heterocycles. The normalized spacial score (nSPS) is 18.6. The molecule has 2 N–H and O–H groups in total. The molecule has 0 bridgehead atoms. The van der Waals surface area contributed by atoms with Crippen molar-refractivity contribution in [2.75, 3.05) is 7.11 Å². The Morgan fingerprint density at radius 1 is 1.29 bits per heavy atom. The Kier molecular flexibility index (Phi) is 2.81. The summed E-state index contributed by atoms with van der Waals surface area (Å²) in [5, 5.41) is 0. The van der Waals surface area contributed by atoms with Gasteiger partial charge < -0.3 is 10.5 Å². The first-order valence-corrected chi connectivity index (χ1v) is 5.41. The van der Waals surface area contributed by atoms with Gasteiger partial charge in [0.1, 0.15) is 5.75 Å². The Morgan fingerprint density at radius 3 is 2.35 bits per heavy atom. The van der Waals surface area contributed by atoms with Crippen LogP contribution in [0.15, 0.2) is 18.2 Å². The Bertz CT molecular complexity index is 424. The quantitative estimate of drug-likeness (QED) is 0.869. The fraction of sp³-hybridized carbons (Fsp3) is 0.500. The lowest BCUT2D eigenvalue weighted by atomic mass is 9.72. The van der Waals surface area contributed by atoms with E-state index < -0.39 is 17.3 Å². The van der Waals surface area contributed by atoms with Crippen LogP contribution in [-0.2, 0) is 11.7 Å². The van der Waals surface area contributed by atoms with E-state index in [9.17, 15) is 13.2 Å². The smallest absolute Gasteiger partial charge is 0.416 e. The average molecular weight is 245 g/mol. The minimum atomic E-state index is -4.35. The van der Waals surface area contributed by atoms with Gasteiger partial charge in [0.2, 0.25) is 0 Å². The van der Waals surface area contributed by atoms with Crippen molar-refractivity contribution in [2.24, 2.45) is 5.73 Å². The first-order chi connectivity index (χ1) is 7.87. The summed E-state index contributed by atoms with van der Waals surface area (Å²) in [7, 11) is 1.36. The zero-order valence-corrected chi connectivity index (χ0v) is 9.47. The zero-order valence-electron chi connectivity index (χ0n) is 9.47. The fourth-order valence-electron chi connectivity index (χ4n) is 2.11. The van der Waals surface area contributed by atoms with Crippen LogP contribution in [0.2, 0.25) is 0 Å². The second kappa shape index (κ2) is 3.91. The van der Waals surface area contributed by atoms with E-state index in [0.29, 0.717) is 5.56 Å². The summed E-state index contributed by atoms with van der Waals surface area (Å²) in [6, 6.07) is 3.51. The van der Waals surface area contributed by atoms with Crippen LogP contribution in [0, 0.1) is 0 Å². The topological polar surface area (TPSA) is 35.2 Å². The lowest BCUT2D eigenvalue weighted by molar-refractivity contribution is -0.137. The van der Waals surface area contributed by atoms with Gasteiger partial charge in [-0.15, -0.1) is 0 Å². The van der Waals surface area contributed by atoms with E-state index in [4.69, 9.17) is 10.5 Å². The molecule has 0 heterocycles. The van der Waals surface area contributed by atoms with Crippen LogP contribution in [0.3, 0.4) is 0 Å². The molecule has 0 aliphatic heterocycles. The SMILES string of the molecule is COc1cc(C(F)(F)F)ccc1C1(N)CCC1. The molecule has 0 saturated heterocycles. The van der Waals surface area contributed by atoms with Crippen LogP contribution >= 0.6 is 0 Å². The number of methoxy groups -OCH3 is 1. The van der Waals surface area contributed by atoms with E-state index in [1.807, 2.05) is 0 Å². The van der Waals surface area contributed by atoms with Gasteiger partial charge in [0.15, 0.2) is 0 Å². The van der Waals surface area contributed by atoms with Gasteiger partial charge in [0.25, 0.3) is 0 Å². The minimum Gasteiger partial charge on any atom is -0.496 e. The summed E-state index contributed by atoms with van der Waals surface area (Å²) in [5.74, 6) is 0.224. The highest BCUT2D eigenvalue weighted by Gasteiger charge is 2.38. The molecule has 0 atom stereocenters. The third-order valence-corrected chi connectivity index (χ3v) is 3.31. The predicted molar refractivity (Wildman–Crippen MR) is 57.7 cm³/mol. The highest BCUT2D eigenvalue weighted by molar-refractivity contribution is 5.44. The van der Waals surface area contributed by atoms with Crippen molar-refractivity contribution in [2.45, 2.75) is 31.0 Å². The molecule has 1 aliphatic carbocycles. The van der Waals surface area contributed by atoms with Crippen molar-refractivity contribution in [3.63, 3.8) is 0 Å². The highest BCUT2D eigenvalue weighted by Crippen LogP contribution is 2.44. The molecule has 0 radical (unpaired) electrons. The molecule has 1 fully saturated rings. The number of ether oxygens (including phenoxy) is 1.